The Balaban J connectivity index is 0.954. The van der Waals surface area contributed by atoms with E-state index in [1.54, 1.807) is 18.2 Å². The molecular weight excluding hydrogens is 566 g/mol. The van der Waals surface area contributed by atoms with Crippen LogP contribution in [-0.4, -0.2) is 68.2 Å². The summed E-state index contributed by atoms with van der Waals surface area (Å²) in [4.78, 5) is 26.0. The molecule has 3 aliphatic carbocycles. The summed E-state index contributed by atoms with van der Waals surface area (Å²) in [6.07, 6.45) is 13.9. The van der Waals surface area contributed by atoms with Gasteiger partial charge in [-0.05, 0) is 117 Å². The second kappa shape index (κ2) is 12.2. The summed E-state index contributed by atoms with van der Waals surface area (Å²) < 4.78 is 0. The number of carboxylic acid groups (broad SMARTS) is 1. The lowest BCUT2D eigenvalue weighted by Crippen LogP contribution is -2.59. The van der Waals surface area contributed by atoms with E-state index < -0.39 is 5.97 Å². The zero-order valence-electron chi connectivity index (χ0n) is 26.0. The topological polar surface area (TPSA) is 168 Å². The fourth-order valence-electron chi connectivity index (χ4n) is 9.44. The molecule has 45 heavy (non-hydrogen) atoms. The molecule has 4 saturated heterocycles. The Morgan fingerprint density at radius 1 is 0.956 bits per heavy atom. The van der Waals surface area contributed by atoms with Gasteiger partial charge in [-0.15, -0.1) is 0 Å². The molecule has 5 heterocycles. The Kier molecular flexibility index (Phi) is 8.10. The van der Waals surface area contributed by atoms with E-state index in [1.165, 1.54) is 12.0 Å². The Morgan fingerprint density at radius 3 is 2.33 bits per heavy atom. The molecule has 3 saturated carbocycles. The van der Waals surface area contributed by atoms with E-state index >= 15 is 0 Å². The van der Waals surface area contributed by atoms with Gasteiger partial charge in [-0.25, -0.2) is 9.97 Å². The van der Waals surface area contributed by atoms with Gasteiger partial charge in [0.1, 0.15) is 17.4 Å². The van der Waals surface area contributed by atoms with Crippen LogP contribution in [0.4, 0.5) is 0 Å². The van der Waals surface area contributed by atoms with Crippen LogP contribution in [0.1, 0.15) is 67.8 Å². The molecule has 1 aromatic carbocycles. The lowest BCUT2D eigenvalue weighted by Gasteiger charge is -2.61. The molecule has 7 aliphatic rings. The van der Waals surface area contributed by atoms with Gasteiger partial charge in [0.2, 0.25) is 0 Å². The number of phenols is 1. The van der Waals surface area contributed by atoms with Crippen molar-refractivity contribution in [3.8, 4) is 5.75 Å². The predicted octanol–water partition coefficient (Wildman–Crippen LogP) is 3.45. The highest BCUT2D eigenvalue weighted by molar-refractivity contribution is 5.70. The van der Waals surface area contributed by atoms with Gasteiger partial charge in [0, 0.05) is 49.2 Å². The van der Waals surface area contributed by atoms with Gasteiger partial charge in [-0.3, -0.25) is 4.79 Å². The third-order valence-electron chi connectivity index (χ3n) is 11.9. The largest absolute Gasteiger partial charge is 0.507 e. The lowest BCUT2D eigenvalue weighted by atomic mass is 9.43. The summed E-state index contributed by atoms with van der Waals surface area (Å²) in [5.74, 6) is 4.16. The molecular formula is C35H47N7O3. The van der Waals surface area contributed by atoms with Crippen LogP contribution in [0.15, 0.2) is 54.3 Å². The fraction of sp³-hybridized carbons (Fsp3) is 0.571. The van der Waals surface area contributed by atoms with Crippen molar-refractivity contribution in [1.82, 2.24) is 19.8 Å². The van der Waals surface area contributed by atoms with Crippen LogP contribution < -0.4 is 17.2 Å². The first-order chi connectivity index (χ1) is 21.8. The standard InChI is InChI=1S/C35H47N7O3/c36-29(25-3-1-2-4-31(25)43)15-30(34(37)38)42-18-22-13-26-28(19-42)27(33(22)26)14-32-39-16-23(17-40-32)20-9-11-41(12-10-20)24-7-5-21(6-8-24)35(44)45/h1-4,15-17,20-22,24,26-28,33,43H,5-14,18-19,36-38H2,(H,44,45)/b29-15-/t21-,22?,24-,26?,27?,28?,33?. The van der Waals surface area contributed by atoms with Crippen molar-refractivity contribution >= 4 is 11.7 Å². The number of carbonyl (C=O) groups is 1. The van der Waals surface area contributed by atoms with E-state index in [1.807, 2.05) is 12.1 Å². The van der Waals surface area contributed by atoms with Crippen molar-refractivity contribution in [3.05, 3.63) is 71.2 Å². The zero-order chi connectivity index (χ0) is 31.2. The van der Waals surface area contributed by atoms with Gasteiger partial charge in [-0.1, -0.05) is 12.1 Å². The van der Waals surface area contributed by atoms with Crippen molar-refractivity contribution in [2.75, 3.05) is 26.2 Å². The maximum atomic E-state index is 11.3. The van der Waals surface area contributed by atoms with E-state index in [2.05, 4.69) is 22.2 Å². The number of aliphatic carboxylic acids is 1. The smallest absolute Gasteiger partial charge is 0.306 e. The summed E-state index contributed by atoms with van der Waals surface area (Å²) in [6.45, 7) is 3.92. The molecule has 0 radical (unpaired) electrons. The van der Waals surface area contributed by atoms with Gasteiger partial charge in [0.25, 0.3) is 0 Å². The number of aromatic hydroxyl groups is 1. The minimum Gasteiger partial charge on any atom is -0.507 e. The van der Waals surface area contributed by atoms with E-state index in [4.69, 9.17) is 27.2 Å². The molecule has 5 atom stereocenters. The first-order valence-corrected chi connectivity index (χ1v) is 16.8. The van der Waals surface area contributed by atoms with Crippen molar-refractivity contribution in [2.45, 2.75) is 63.3 Å². The van der Waals surface area contributed by atoms with Crippen molar-refractivity contribution in [2.24, 2.45) is 52.7 Å². The van der Waals surface area contributed by atoms with E-state index in [-0.39, 0.29) is 17.5 Å². The second-order valence-corrected chi connectivity index (χ2v) is 14.2. The number of hydrogen-bond donors (Lipinski definition) is 5. The average molecular weight is 614 g/mol. The van der Waals surface area contributed by atoms with Crippen LogP contribution >= 0.6 is 0 Å². The van der Waals surface area contributed by atoms with Crippen LogP contribution in [0.3, 0.4) is 0 Å². The highest BCUT2D eigenvalue weighted by Crippen LogP contribution is 2.64. The second-order valence-electron chi connectivity index (χ2n) is 14.2. The van der Waals surface area contributed by atoms with Crippen LogP contribution in [-0.2, 0) is 11.2 Å². The normalized spacial score (nSPS) is 31.8. The fourth-order valence-corrected chi connectivity index (χ4v) is 9.44. The summed E-state index contributed by atoms with van der Waals surface area (Å²) >= 11 is 0. The Hall–Kier alpha value is -3.79. The van der Waals surface area contributed by atoms with E-state index in [0.717, 1.165) is 88.6 Å². The monoisotopic (exact) mass is 613 g/mol. The number of rotatable bonds is 8. The molecule has 1 aromatic heterocycles. The van der Waals surface area contributed by atoms with Gasteiger partial charge in [0.15, 0.2) is 0 Å². The van der Waals surface area contributed by atoms with Gasteiger partial charge < -0.3 is 37.2 Å². The molecule has 4 aliphatic heterocycles. The molecule has 0 spiro atoms. The highest BCUT2D eigenvalue weighted by Gasteiger charge is 2.62. The third-order valence-corrected chi connectivity index (χ3v) is 11.9. The molecule has 8 N–H and O–H groups in total. The molecule has 240 valence electrons. The van der Waals surface area contributed by atoms with E-state index in [9.17, 15) is 15.0 Å². The lowest BCUT2D eigenvalue weighted by molar-refractivity contribution is -0.143. The van der Waals surface area contributed by atoms with Crippen LogP contribution in [0.2, 0.25) is 0 Å². The van der Waals surface area contributed by atoms with Crippen LogP contribution in [0.5, 0.6) is 5.75 Å². The Labute approximate surface area is 265 Å². The number of phenolic OH excluding ortho intramolecular Hbond substituents is 1. The SMILES string of the molecule is NC(N)=C(/C=C(\N)c1ccccc1O)N1CC2CC3C(C1)C(Cc1ncc(C4CCN([C@H]5CC[C@H](C(=O)O)CC5)CC4)cn1)C23. The molecule has 7 fully saturated rings. The molecule has 0 amide bonds. The number of allylic oxidation sites excluding steroid dienone is 1. The number of nitrogens with zero attached hydrogens (tertiary/aromatic N) is 4. The first kappa shape index (κ1) is 29.9. The number of para-hydroxylation sites is 1. The van der Waals surface area contributed by atoms with E-state index in [0.29, 0.717) is 46.9 Å². The van der Waals surface area contributed by atoms with Gasteiger partial charge in [-0.2, -0.15) is 0 Å². The molecule has 4 bridgehead atoms. The maximum Gasteiger partial charge on any atom is 0.306 e. The number of piperidine rings is 1. The summed E-state index contributed by atoms with van der Waals surface area (Å²) in [5, 5.41) is 19.6. The quantitative estimate of drug-likeness (QED) is 0.278. The number of likely N-dealkylation sites (tertiary alicyclic amines) is 1. The van der Waals surface area contributed by atoms with Crippen molar-refractivity contribution < 1.29 is 15.0 Å². The Morgan fingerprint density at radius 2 is 1.67 bits per heavy atom. The minimum absolute atomic E-state index is 0.134. The molecule has 5 unspecified atom stereocenters. The zero-order valence-corrected chi connectivity index (χ0v) is 26.0. The van der Waals surface area contributed by atoms with Crippen molar-refractivity contribution in [1.29, 1.82) is 0 Å². The summed E-state index contributed by atoms with van der Waals surface area (Å²) in [7, 11) is 0. The number of carboxylic acids is 1. The maximum absolute atomic E-state index is 11.3. The third kappa shape index (κ3) is 5.73. The molecule has 10 heteroatoms. The number of aromatic nitrogens is 2. The number of nitrogens with two attached hydrogens (primary N) is 3. The van der Waals surface area contributed by atoms with Crippen LogP contribution in [0, 0.1) is 35.5 Å². The predicted molar refractivity (Wildman–Crippen MR) is 172 cm³/mol. The summed E-state index contributed by atoms with van der Waals surface area (Å²) in [5.41, 5.74) is 21.8. The average Bonchev–Trinajstić information content (AvgIpc) is 3.39. The summed E-state index contributed by atoms with van der Waals surface area (Å²) in [6, 6.07) is 7.58. The van der Waals surface area contributed by atoms with Crippen molar-refractivity contribution in [3.63, 3.8) is 0 Å². The minimum atomic E-state index is -0.631. The van der Waals surface area contributed by atoms with Gasteiger partial charge in [0.05, 0.1) is 11.6 Å². The number of hydrogen-bond acceptors (Lipinski definition) is 9. The highest BCUT2D eigenvalue weighted by atomic mass is 16.4. The molecule has 9 rings (SSSR count). The number of benzene rings is 1. The molecule has 10 nitrogen and oxygen atoms in total. The Bertz CT molecular complexity index is 1460. The van der Waals surface area contributed by atoms with Crippen LogP contribution in [0.25, 0.3) is 5.70 Å². The molecule has 2 aromatic rings. The van der Waals surface area contributed by atoms with Gasteiger partial charge >= 0.3 is 5.97 Å². The first-order valence-electron chi connectivity index (χ1n) is 16.8.